The zero-order valence-electron chi connectivity index (χ0n) is 21.3. The highest BCUT2D eigenvalue weighted by atomic mass is 35.5. The maximum atomic E-state index is 13.8. The van der Waals surface area contributed by atoms with E-state index in [-0.39, 0.29) is 34.7 Å². The molecule has 1 aromatic heterocycles. The SMILES string of the molecule is COC(=O)CCS(=O)(=O)NC1CCC(C2=C(C(=O)OC)C(c3ccc(F)cc3Cl)N=C(c3nccs3)N2)CC1. The molecule has 2 heterocycles. The number of nitrogens with zero attached hydrogens (tertiary/aromatic N) is 2. The van der Waals surface area contributed by atoms with Crippen LogP contribution in [0.1, 0.15) is 48.7 Å². The Bertz CT molecular complexity index is 1390. The second-order valence-electron chi connectivity index (χ2n) is 9.14. The number of hydrogen-bond acceptors (Lipinski definition) is 10. The van der Waals surface area contributed by atoms with Gasteiger partial charge in [-0.15, -0.1) is 11.3 Å². The van der Waals surface area contributed by atoms with Crippen molar-refractivity contribution < 1.29 is 31.9 Å². The average Bonchev–Trinajstić information content (AvgIpc) is 3.46. The first-order valence-electron chi connectivity index (χ1n) is 12.2. The van der Waals surface area contributed by atoms with Crippen LogP contribution in [0.2, 0.25) is 5.02 Å². The second kappa shape index (κ2) is 12.5. The lowest BCUT2D eigenvalue weighted by Crippen LogP contribution is -2.42. The molecule has 1 saturated carbocycles. The Morgan fingerprint density at radius 3 is 2.56 bits per heavy atom. The van der Waals surface area contributed by atoms with E-state index in [9.17, 15) is 22.4 Å². The number of rotatable bonds is 9. The molecule has 4 rings (SSSR count). The fourth-order valence-corrected chi connectivity index (χ4v) is 6.91. The molecule has 1 unspecified atom stereocenters. The second-order valence-corrected chi connectivity index (χ2v) is 12.3. The molecule has 10 nitrogen and oxygen atoms in total. The van der Waals surface area contributed by atoms with Crippen LogP contribution in [0.25, 0.3) is 0 Å². The van der Waals surface area contributed by atoms with Crippen molar-refractivity contribution in [2.24, 2.45) is 10.9 Å². The zero-order chi connectivity index (χ0) is 28.2. The Morgan fingerprint density at radius 2 is 1.95 bits per heavy atom. The molecule has 39 heavy (non-hydrogen) atoms. The lowest BCUT2D eigenvalue weighted by Gasteiger charge is -2.35. The normalized spacial score (nSPS) is 21.6. The third kappa shape index (κ3) is 7.02. The highest BCUT2D eigenvalue weighted by Gasteiger charge is 2.38. The van der Waals surface area contributed by atoms with Crippen molar-refractivity contribution in [3.05, 3.63) is 62.5 Å². The first-order valence-corrected chi connectivity index (χ1v) is 15.1. The van der Waals surface area contributed by atoms with Crippen LogP contribution in [0.15, 0.2) is 46.0 Å². The number of allylic oxidation sites excluding steroid dienone is 1. The van der Waals surface area contributed by atoms with Gasteiger partial charge in [0.05, 0.1) is 32.0 Å². The summed E-state index contributed by atoms with van der Waals surface area (Å²) in [7, 11) is -1.19. The number of hydrogen-bond donors (Lipinski definition) is 2. The lowest BCUT2D eigenvalue weighted by molar-refractivity contribution is -0.140. The number of methoxy groups -OCH3 is 2. The topological polar surface area (TPSA) is 136 Å². The minimum absolute atomic E-state index is 0.120. The van der Waals surface area contributed by atoms with Crippen molar-refractivity contribution in [2.75, 3.05) is 20.0 Å². The number of halogens is 2. The van der Waals surface area contributed by atoms with E-state index in [0.29, 0.717) is 47.8 Å². The van der Waals surface area contributed by atoms with E-state index >= 15 is 0 Å². The Kier molecular flexibility index (Phi) is 9.36. The molecule has 1 aliphatic heterocycles. The number of amidine groups is 1. The van der Waals surface area contributed by atoms with Crippen LogP contribution in [-0.4, -0.2) is 57.2 Å². The summed E-state index contributed by atoms with van der Waals surface area (Å²) < 4.78 is 51.1. The van der Waals surface area contributed by atoms with E-state index in [4.69, 9.17) is 21.3 Å². The van der Waals surface area contributed by atoms with Gasteiger partial charge in [-0.25, -0.2) is 27.3 Å². The molecule has 0 amide bonds. The molecular formula is C25H28ClFN4O6S2. The fraction of sp³-hybridized carbons (Fsp3) is 0.440. The largest absolute Gasteiger partial charge is 0.469 e. The Hall–Kier alpha value is -2.87. The van der Waals surface area contributed by atoms with Gasteiger partial charge < -0.3 is 14.8 Å². The van der Waals surface area contributed by atoms with Crippen LogP contribution in [0.3, 0.4) is 0 Å². The van der Waals surface area contributed by atoms with Gasteiger partial charge in [0.1, 0.15) is 11.9 Å². The van der Waals surface area contributed by atoms with Crippen molar-refractivity contribution in [1.29, 1.82) is 0 Å². The Balaban J connectivity index is 1.62. The Morgan fingerprint density at radius 1 is 1.21 bits per heavy atom. The molecule has 0 spiro atoms. The number of esters is 2. The van der Waals surface area contributed by atoms with Crippen molar-refractivity contribution >= 4 is 50.7 Å². The van der Waals surface area contributed by atoms with Crippen molar-refractivity contribution in [1.82, 2.24) is 15.0 Å². The summed E-state index contributed by atoms with van der Waals surface area (Å²) in [5, 5.41) is 5.82. The fourth-order valence-electron chi connectivity index (χ4n) is 4.75. The molecule has 2 N–H and O–H groups in total. The molecule has 14 heteroatoms. The standard InChI is InChI=1S/C25H28ClFN4O6S2/c1-36-19(32)9-12-39(34,35)31-16-6-3-14(4-7-16)21-20(25(33)37-2)22(17-8-5-15(27)13-18(17)26)30-23(29-21)24-28-10-11-38-24/h5,8,10-11,13-14,16,22,31H,3-4,6-7,9,12H2,1-2H3,(H,29,30). The highest BCUT2D eigenvalue weighted by Crippen LogP contribution is 2.41. The first kappa shape index (κ1) is 29.1. The molecule has 1 aliphatic carbocycles. The van der Waals surface area contributed by atoms with Crippen molar-refractivity contribution in [2.45, 2.75) is 44.2 Å². The van der Waals surface area contributed by atoms with E-state index in [1.807, 2.05) is 0 Å². The van der Waals surface area contributed by atoms with E-state index in [0.717, 1.165) is 0 Å². The molecule has 0 bridgehead atoms. The quantitative estimate of drug-likeness (QED) is 0.419. The van der Waals surface area contributed by atoms with Crippen LogP contribution >= 0.6 is 22.9 Å². The summed E-state index contributed by atoms with van der Waals surface area (Å²) in [5.41, 5.74) is 1.30. The minimum atomic E-state index is -3.67. The van der Waals surface area contributed by atoms with Gasteiger partial charge in [0, 0.05) is 33.9 Å². The monoisotopic (exact) mass is 598 g/mol. The maximum absolute atomic E-state index is 13.8. The van der Waals surface area contributed by atoms with Crippen molar-refractivity contribution in [3.8, 4) is 0 Å². The van der Waals surface area contributed by atoms with Gasteiger partial charge in [-0.3, -0.25) is 9.79 Å². The third-order valence-corrected chi connectivity index (χ3v) is 9.20. The molecule has 1 fully saturated rings. The molecule has 0 saturated heterocycles. The average molecular weight is 599 g/mol. The third-order valence-electron chi connectivity index (χ3n) is 6.66. The number of thiazole rings is 1. The van der Waals surface area contributed by atoms with E-state index < -0.39 is 33.8 Å². The number of aromatic nitrogens is 1. The van der Waals surface area contributed by atoms with E-state index in [2.05, 4.69) is 19.8 Å². The molecule has 2 aromatic rings. The molecule has 2 aliphatic rings. The summed E-state index contributed by atoms with van der Waals surface area (Å²) in [6.07, 6.45) is 3.54. The first-order chi connectivity index (χ1) is 18.6. The predicted molar refractivity (Wildman–Crippen MR) is 144 cm³/mol. The summed E-state index contributed by atoms with van der Waals surface area (Å²) in [4.78, 5) is 33.6. The van der Waals surface area contributed by atoms with Crippen LogP contribution in [0.4, 0.5) is 4.39 Å². The number of ether oxygens (including phenoxy) is 2. The molecular weight excluding hydrogens is 571 g/mol. The van der Waals surface area contributed by atoms with Gasteiger partial charge in [-0.2, -0.15) is 0 Å². The smallest absolute Gasteiger partial charge is 0.338 e. The molecule has 1 aromatic carbocycles. The zero-order valence-corrected chi connectivity index (χ0v) is 23.7. The number of nitrogens with one attached hydrogen (secondary N) is 2. The van der Waals surface area contributed by atoms with Crippen LogP contribution in [0.5, 0.6) is 0 Å². The number of sulfonamides is 1. The van der Waals surface area contributed by atoms with Gasteiger partial charge >= 0.3 is 11.9 Å². The predicted octanol–water partition coefficient (Wildman–Crippen LogP) is 3.50. The summed E-state index contributed by atoms with van der Waals surface area (Å²) in [6.45, 7) is 0. The summed E-state index contributed by atoms with van der Waals surface area (Å²) in [5.74, 6) is -1.77. The minimum Gasteiger partial charge on any atom is -0.469 e. The van der Waals surface area contributed by atoms with Crippen LogP contribution in [-0.2, 0) is 29.1 Å². The van der Waals surface area contributed by atoms with Gasteiger partial charge in [-0.1, -0.05) is 17.7 Å². The number of benzene rings is 1. The number of carbonyl (C=O) groups is 2. The highest BCUT2D eigenvalue weighted by molar-refractivity contribution is 7.89. The van der Waals surface area contributed by atoms with Gasteiger partial charge in [0.15, 0.2) is 10.8 Å². The Labute approximate surface area is 234 Å². The van der Waals surface area contributed by atoms with Crippen LogP contribution in [0, 0.1) is 11.7 Å². The van der Waals surface area contributed by atoms with Crippen LogP contribution < -0.4 is 10.0 Å². The van der Waals surface area contributed by atoms with E-state index in [1.54, 1.807) is 11.6 Å². The summed E-state index contributed by atoms with van der Waals surface area (Å²) in [6, 6.07) is 2.74. The summed E-state index contributed by atoms with van der Waals surface area (Å²) >= 11 is 7.77. The van der Waals surface area contributed by atoms with Gasteiger partial charge in [0.2, 0.25) is 10.0 Å². The van der Waals surface area contributed by atoms with Gasteiger partial charge in [0.25, 0.3) is 0 Å². The van der Waals surface area contributed by atoms with Crippen molar-refractivity contribution in [3.63, 3.8) is 0 Å². The lowest BCUT2D eigenvalue weighted by atomic mass is 9.80. The molecule has 210 valence electrons. The maximum Gasteiger partial charge on any atom is 0.338 e. The molecule has 1 atom stereocenters. The number of aliphatic imine (C=N–C) groups is 1. The number of carbonyl (C=O) groups excluding carboxylic acids is 2. The van der Waals surface area contributed by atoms with E-state index in [1.165, 1.54) is 43.8 Å². The van der Waals surface area contributed by atoms with Gasteiger partial charge in [-0.05, 0) is 43.7 Å². The molecule has 0 radical (unpaired) electrons.